The predicted octanol–water partition coefficient (Wildman–Crippen LogP) is 0.705. The number of hydrogen-bond donors (Lipinski definition) is 1. The maximum atomic E-state index is 6.34. The molecule has 1 unspecified atom stereocenters. The van der Waals surface area contributed by atoms with Crippen LogP contribution < -0.4 is 15.2 Å². The van der Waals surface area contributed by atoms with E-state index < -0.39 is 0 Å². The molecule has 0 radical (unpaired) electrons. The van der Waals surface area contributed by atoms with E-state index in [1.54, 1.807) is 0 Å². The standard InChI is InChI=1S/C15H23N3O2/c1-17-4-6-18(7-5-17)11-13(16)12-2-3-14-15(10-12)20-9-8-19-14/h2-3,10,13H,4-9,11,16H2,1H3. The summed E-state index contributed by atoms with van der Waals surface area (Å²) in [6, 6.07) is 6.06. The molecule has 2 aliphatic heterocycles. The Morgan fingerprint density at radius 2 is 1.80 bits per heavy atom. The number of benzene rings is 1. The van der Waals surface area contributed by atoms with E-state index in [4.69, 9.17) is 15.2 Å². The fourth-order valence-electron chi connectivity index (χ4n) is 2.70. The number of nitrogens with two attached hydrogens (primary N) is 1. The zero-order chi connectivity index (χ0) is 13.9. The number of fused-ring (bicyclic) bond motifs is 1. The molecule has 1 saturated heterocycles. The van der Waals surface area contributed by atoms with Gasteiger partial charge < -0.3 is 20.1 Å². The first-order valence-corrected chi connectivity index (χ1v) is 7.28. The van der Waals surface area contributed by atoms with Crippen LogP contribution >= 0.6 is 0 Å². The van der Waals surface area contributed by atoms with Crippen LogP contribution in [0.5, 0.6) is 11.5 Å². The molecule has 0 saturated carbocycles. The number of ether oxygens (including phenoxy) is 2. The number of rotatable bonds is 3. The van der Waals surface area contributed by atoms with E-state index in [1.165, 1.54) is 0 Å². The molecule has 1 aromatic rings. The van der Waals surface area contributed by atoms with E-state index in [-0.39, 0.29) is 6.04 Å². The van der Waals surface area contributed by atoms with E-state index in [9.17, 15) is 0 Å². The van der Waals surface area contributed by atoms with Crippen molar-refractivity contribution >= 4 is 0 Å². The summed E-state index contributed by atoms with van der Waals surface area (Å²) in [5.74, 6) is 1.65. The van der Waals surface area contributed by atoms with Gasteiger partial charge in [-0.3, -0.25) is 4.90 Å². The summed E-state index contributed by atoms with van der Waals surface area (Å²) in [5, 5.41) is 0. The zero-order valence-electron chi connectivity index (χ0n) is 12.0. The van der Waals surface area contributed by atoms with Crippen LogP contribution in [0, 0.1) is 0 Å². The van der Waals surface area contributed by atoms with Crippen LogP contribution in [0.1, 0.15) is 11.6 Å². The van der Waals surface area contributed by atoms with Crippen LogP contribution in [0.25, 0.3) is 0 Å². The van der Waals surface area contributed by atoms with Crippen LogP contribution in [0.15, 0.2) is 18.2 Å². The van der Waals surface area contributed by atoms with Gasteiger partial charge in [0.1, 0.15) is 13.2 Å². The quantitative estimate of drug-likeness (QED) is 0.881. The van der Waals surface area contributed by atoms with Gasteiger partial charge in [-0.25, -0.2) is 0 Å². The van der Waals surface area contributed by atoms with Gasteiger partial charge in [-0.15, -0.1) is 0 Å². The average Bonchev–Trinajstić information content (AvgIpc) is 2.49. The van der Waals surface area contributed by atoms with E-state index in [1.807, 2.05) is 18.2 Å². The summed E-state index contributed by atoms with van der Waals surface area (Å²) >= 11 is 0. The normalized spacial score (nSPS) is 21.7. The molecule has 3 rings (SSSR count). The Kier molecular flexibility index (Phi) is 4.10. The third-order valence-electron chi connectivity index (χ3n) is 4.05. The molecule has 0 aliphatic carbocycles. The topological polar surface area (TPSA) is 51.0 Å². The van der Waals surface area contributed by atoms with Gasteiger partial charge in [0, 0.05) is 38.8 Å². The van der Waals surface area contributed by atoms with Crippen molar-refractivity contribution in [3.05, 3.63) is 23.8 Å². The largest absolute Gasteiger partial charge is 0.486 e. The van der Waals surface area contributed by atoms with Crippen molar-refractivity contribution in [1.82, 2.24) is 9.80 Å². The SMILES string of the molecule is CN1CCN(CC(N)c2ccc3c(c2)OCCO3)CC1. The second-order valence-corrected chi connectivity index (χ2v) is 5.61. The molecule has 2 aliphatic rings. The maximum Gasteiger partial charge on any atom is 0.161 e. The summed E-state index contributed by atoms with van der Waals surface area (Å²) in [7, 11) is 2.16. The lowest BCUT2D eigenvalue weighted by molar-refractivity contribution is 0.147. The van der Waals surface area contributed by atoms with Gasteiger partial charge >= 0.3 is 0 Å². The molecular formula is C15H23N3O2. The zero-order valence-corrected chi connectivity index (χ0v) is 12.0. The number of likely N-dealkylation sites (N-methyl/N-ethyl adjacent to an activating group) is 1. The lowest BCUT2D eigenvalue weighted by atomic mass is 10.1. The average molecular weight is 277 g/mol. The Labute approximate surface area is 120 Å². The number of hydrogen-bond acceptors (Lipinski definition) is 5. The molecule has 5 nitrogen and oxygen atoms in total. The van der Waals surface area contributed by atoms with E-state index in [0.717, 1.165) is 49.8 Å². The van der Waals surface area contributed by atoms with Crippen LogP contribution in [-0.4, -0.2) is 62.8 Å². The number of nitrogens with zero attached hydrogens (tertiary/aromatic N) is 2. The second kappa shape index (κ2) is 5.99. The summed E-state index contributed by atoms with van der Waals surface area (Å²) in [6.45, 7) is 6.56. The molecule has 0 spiro atoms. The highest BCUT2D eigenvalue weighted by molar-refractivity contribution is 5.44. The Hall–Kier alpha value is -1.30. The summed E-state index contributed by atoms with van der Waals surface area (Å²) < 4.78 is 11.2. The summed E-state index contributed by atoms with van der Waals surface area (Å²) in [5.41, 5.74) is 7.46. The molecule has 2 heterocycles. The third-order valence-corrected chi connectivity index (χ3v) is 4.05. The molecule has 110 valence electrons. The van der Waals surface area contributed by atoms with Crippen LogP contribution in [-0.2, 0) is 0 Å². The highest BCUT2D eigenvalue weighted by atomic mass is 16.6. The van der Waals surface area contributed by atoms with Crippen molar-refractivity contribution in [2.75, 3.05) is 53.0 Å². The smallest absolute Gasteiger partial charge is 0.161 e. The first-order chi connectivity index (χ1) is 9.72. The molecule has 2 N–H and O–H groups in total. The lowest BCUT2D eigenvalue weighted by Crippen LogP contribution is -2.46. The fourth-order valence-corrected chi connectivity index (χ4v) is 2.70. The monoisotopic (exact) mass is 277 g/mol. The lowest BCUT2D eigenvalue weighted by Gasteiger charge is -2.34. The van der Waals surface area contributed by atoms with Gasteiger partial charge in [0.05, 0.1) is 0 Å². The Bertz CT molecular complexity index is 458. The minimum absolute atomic E-state index is 0.0224. The number of piperazine rings is 1. The summed E-state index contributed by atoms with van der Waals surface area (Å²) in [6.07, 6.45) is 0. The molecule has 20 heavy (non-hydrogen) atoms. The maximum absolute atomic E-state index is 6.34. The van der Waals surface area contributed by atoms with Crippen molar-refractivity contribution in [3.63, 3.8) is 0 Å². The molecule has 1 fully saturated rings. The Morgan fingerprint density at radius 3 is 2.55 bits per heavy atom. The molecule has 1 aromatic carbocycles. The highest BCUT2D eigenvalue weighted by Gasteiger charge is 2.19. The van der Waals surface area contributed by atoms with E-state index >= 15 is 0 Å². The Morgan fingerprint density at radius 1 is 1.10 bits per heavy atom. The summed E-state index contributed by atoms with van der Waals surface area (Å²) in [4.78, 5) is 4.79. The second-order valence-electron chi connectivity index (χ2n) is 5.61. The van der Waals surface area contributed by atoms with Crippen molar-refractivity contribution < 1.29 is 9.47 Å². The van der Waals surface area contributed by atoms with Crippen molar-refractivity contribution in [3.8, 4) is 11.5 Å². The third kappa shape index (κ3) is 3.06. The van der Waals surface area contributed by atoms with E-state index in [2.05, 4.69) is 16.8 Å². The van der Waals surface area contributed by atoms with Gasteiger partial charge in [0.2, 0.25) is 0 Å². The molecule has 0 amide bonds. The van der Waals surface area contributed by atoms with Gasteiger partial charge in [-0.1, -0.05) is 6.07 Å². The van der Waals surface area contributed by atoms with Gasteiger partial charge in [-0.05, 0) is 24.7 Å². The van der Waals surface area contributed by atoms with Crippen molar-refractivity contribution in [2.45, 2.75) is 6.04 Å². The highest BCUT2D eigenvalue weighted by Crippen LogP contribution is 2.32. The first-order valence-electron chi connectivity index (χ1n) is 7.28. The van der Waals surface area contributed by atoms with Crippen LogP contribution in [0.2, 0.25) is 0 Å². The van der Waals surface area contributed by atoms with Crippen LogP contribution in [0.3, 0.4) is 0 Å². The Balaban J connectivity index is 1.63. The van der Waals surface area contributed by atoms with Gasteiger partial charge in [0.15, 0.2) is 11.5 Å². The fraction of sp³-hybridized carbons (Fsp3) is 0.600. The minimum Gasteiger partial charge on any atom is -0.486 e. The molecule has 1 atom stereocenters. The van der Waals surface area contributed by atoms with Crippen molar-refractivity contribution in [2.24, 2.45) is 5.73 Å². The molecule has 0 aromatic heterocycles. The van der Waals surface area contributed by atoms with Crippen LogP contribution in [0.4, 0.5) is 0 Å². The van der Waals surface area contributed by atoms with Crippen molar-refractivity contribution in [1.29, 1.82) is 0 Å². The minimum atomic E-state index is 0.0224. The molecule has 5 heteroatoms. The predicted molar refractivity (Wildman–Crippen MR) is 78.3 cm³/mol. The molecular weight excluding hydrogens is 254 g/mol. The van der Waals surface area contributed by atoms with Gasteiger partial charge in [-0.2, -0.15) is 0 Å². The molecule has 0 bridgehead atoms. The van der Waals surface area contributed by atoms with Gasteiger partial charge in [0.25, 0.3) is 0 Å². The van der Waals surface area contributed by atoms with E-state index in [0.29, 0.717) is 13.2 Å². The first kappa shape index (κ1) is 13.7.